The summed E-state index contributed by atoms with van der Waals surface area (Å²) in [5.41, 5.74) is 5.41. The molecule has 0 fully saturated rings. The lowest BCUT2D eigenvalue weighted by molar-refractivity contribution is -0.161. The maximum Gasteiger partial charge on any atom is 0.472 e. The van der Waals surface area contributed by atoms with Crippen LogP contribution < -0.4 is 5.73 Å². The Balaban J connectivity index is 3.78. The normalized spacial score (nSPS) is 13.0. The molecule has 0 aliphatic heterocycles. The number of phosphoric acid groups is 1. The third kappa shape index (κ3) is 71.2. The quantitative estimate of drug-likeness (QED) is 0.0264. The van der Waals surface area contributed by atoms with E-state index in [1.165, 1.54) is 327 Å². The minimum atomic E-state index is -4.39. The van der Waals surface area contributed by atoms with Gasteiger partial charge in [-0.15, -0.1) is 0 Å². The fourth-order valence-electron chi connectivity index (χ4n) is 11.4. The molecule has 502 valence electrons. The van der Waals surface area contributed by atoms with E-state index >= 15 is 0 Å². The van der Waals surface area contributed by atoms with Crippen molar-refractivity contribution in [2.75, 3.05) is 26.4 Å². The lowest BCUT2D eigenvalue weighted by atomic mass is 10.0. The van der Waals surface area contributed by atoms with E-state index in [1.54, 1.807) is 0 Å². The molecule has 0 aliphatic carbocycles. The van der Waals surface area contributed by atoms with Gasteiger partial charge in [-0.25, -0.2) is 4.57 Å². The Morgan fingerprint density at radius 3 is 0.906 bits per heavy atom. The van der Waals surface area contributed by atoms with Crippen molar-refractivity contribution in [2.24, 2.45) is 5.73 Å². The highest BCUT2D eigenvalue weighted by atomic mass is 31.2. The van der Waals surface area contributed by atoms with Crippen LogP contribution in [-0.2, 0) is 32.7 Å². The molecule has 0 amide bonds. The predicted molar refractivity (Wildman–Crippen MR) is 367 cm³/mol. The molecule has 0 saturated heterocycles. The van der Waals surface area contributed by atoms with E-state index in [4.69, 9.17) is 24.3 Å². The van der Waals surface area contributed by atoms with Crippen molar-refractivity contribution in [3.63, 3.8) is 0 Å². The Morgan fingerprint density at radius 2 is 0.612 bits per heavy atom. The SMILES string of the molecule is CCCCCCC/C=C\C/C=C\CCCCCCCCCCCCCCCCCCCCCCCCCC(=O)OC(COC(=O)CCCCCCCCCCCCCCCCCCC/C=C\CCCCCCCCCC)COP(=O)(O)OCCN. The molecule has 0 spiro atoms. The number of carbonyl (C=O) groups is 2. The van der Waals surface area contributed by atoms with Gasteiger partial charge in [0.05, 0.1) is 13.2 Å². The highest BCUT2D eigenvalue weighted by Gasteiger charge is 2.26. The Labute approximate surface area is 528 Å². The molecule has 0 aliphatic rings. The molecule has 0 aromatic rings. The molecule has 0 saturated carbocycles. The van der Waals surface area contributed by atoms with Crippen molar-refractivity contribution in [3.05, 3.63) is 36.5 Å². The smallest absolute Gasteiger partial charge is 0.462 e. The van der Waals surface area contributed by atoms with Gasteiger partial charge in [-0.05, 0) is 70.6 Å². The van der Waals surface area contributed by atoms with Crippen LogP contribution in [0.3, 0.4) is 0 Å². The maximum absolute atomic E-state index is 12.8. The van der Waals surface area contributed by atoms with Gasteiger partial charge in [-0.3, -0.25) is 18.6 Å². The summed E-state index contributed by atoms with van der Waals surface area (Å²) < 4.78 is 33.2. The first-order valence-electron chi connectivity index (χ1n) is 37.5. The van der Waals surface area contributed by atoms with Crippen molar-refractivity contribution >= 4 is 19.8 Å². The molecule has 0 radical (unpaired) electrons. The average Bonchev–Trinajstić information content (AvgIpc) is 3.52. The van der Waals surface area contributed by atoms with E-state index in [0.29, 0.717) is 6.42 Å². The first kappa shape index (κ1) is 83.2. The van der Waals surface area contributed by atoms with Crippen LogP contribution in [0.15, 0.2) is 36.5 Å². The van der Waals surface area contributed by atoms with E-state index in [9.17, 15) is 19.0 Å². The third-order valence-electron chi connectivity index (χ3n) is 17.0. The van der Waals surface area contributed by atoms with Gasteiger partial charge in [0, 0.05) is 19.4 Å². The van der Waals surface area contributed by atoms with Gasteiger partial charge in [0.1, 0.15) is 6.61 Å². The zero-order valence-corrected chi connectivity index (χ0v) is 57.5. The van der Waals surface area contributed by atoms with Gasteiger partial charge in [0.25, 0.3) is 0 Å². The fourth-order valence-corrected chi connectivity index (χ4v) is 12.2. The van der Waals surface area contributed by atoms with E-state index in [0.717, 1.165) is 38.5 Å². The second-order valence-corrected chi connectivity index (χ2v) is 27.0. The van der Waals surface area contributed by atoms with Crippen LogP contribution in [0.5, 0.6) is 0 Å². The summed E-state index contributed by atoms with van der Waals surface area (Å²) in [6, 6.07) is 0. The average molecular weight is 1220 g/mol. The predicted octanol–water partition coefficient (Wildman–Crippen LogP) is 24.6. The minimum absolute atomic E-state index is 0.0564. The molecule has 0 aromatic carbocycles. The molecule has 0 aromatic heterocycles. The zero-order chi connectivity index (χ0) is 61.6. The fraction of sp³-hybridized carbons (Fsp3) is 0.893. The molecule has 3 N–H and O–H groups in total. The zero-order valence-electron chi connectivity index (χ0n) is 56.6. The maximum atomic E-state index is 12.8. The molecule has 9 nitrogen and oxygen atoms in total. The molecule has 10 heteroatoms. The van der Waals surface area contributed by atoms with Gasteiger partial charge in [0.2, 0.25) is 0 Å². The van der Waals surface area contributed by atoms with Crippen LogP contribution in [0.2, 0.25) is 0 Å². The first-order valence-corrected chi connectivity index (χ1v) is 39.0. The highest BCUT2D eigenvalue weighted by Crippen LogP contribution is 2.43. The Bertz CT molecular complexity index is 1490. The summed E-state index contributed by atoms with van der Waals surface area (Å²) in [6.45, 7) is 3.81. The summed E-state index contributed by atoms with van der Waals surface area (Å²) in [7, 11) is -4.39. The number of hydrogen-bond donors (Lipinski definition) is 2. The number of carbonyl (C=O) groups excluding carboxylic acids is 2. The third-order valence-corrected chi connectivity index (χ3v) is 18.0. The van der Waals surface area contributed by atoms with E-state index < -0.39 is 26.5 Å². The van der Waals surface area contributed by atoms with Gasteiger partial charge in [-0.1, -0.05) is 352 Å². The minimum Gasteiger partial charge on any atom is -0.462 e. The van der Waals surface area contributed by atoms with Gasteiger partial charge in [-0.2, -0.15) is 0 Å². The van der Waals surface area contributed by atoms with Crippen LogP contribution in [0.1, 0.15) is 399 Å². The summed E-state index contributed by atoms with van der Waals surface area (Å²) in [6.07, 6.45) is 89.8. The summed E-state index contributed by atoms with van der Waals surface area (Å²) in [5, 5.41) is 0. The topological polar surface area (TPSA) is 134 Å². The molecular formula is C75H144NO8P. The number of unbranched alkanes of at least 4 members (excludes halogenated alkanes) is 53. The van der Waals surface area contributed by atoms with Crippen molar-refractivity contribution in [2.45, 2.75) is 405 Å². The monoisotopic (exact) mass is 1220 g/mol. The largest absolute Gasteiger partial charge is 0.472 e. The second kappa shape index (κ2) is 71.3. The summed E-state index contributed by atoms with van der Waals surface area (Å²) >= 11 is 0. The van der Waals surface area contributed by atoms with E-state index in [2.05, 4.69) is 50.3 Å². The van der Waals surface area contributed by atoms with Crippen molar-refractivity contribution in [1.82, 2.24) is 0 Å². The molecule has 0 heterocycles. The number of rotatable bonds is 72. The molecule has 2 atom stereocenters. The molecule has 85 heavy (non-hydrogen) atoms. The first-order chi connectivity index (χ1) is 41.8. The van der Waals surface area contributed by atoms with E-state index in [-0.39, 0.29) is 38.6 Å². The summed E-state index contributed by atoms with van der Waals surface area (Å²) in [4.78, 5) is 35.4. The van der Waals surface area contributed by atoms with Crippen LogP contribution >= 0.6 is 7.82 Å². The van der Waals surface area contributed by atoms with Crippen molar-refractivity contribution < 1.29 is 37.6 Å². The number of allylic oxidation sites excluding steroid dienone is 6. The number of hydrogen-bond acceptors (Lipinski definition) is 8. The van der Waals surface area contributed by atoms with Crippen LogP contribution in [-0.4, -0.2) is 49.3 Å². The number of phosphoric ester groups is 1. The Hall–Kier alpha value is -1.77. The molecule has 0 bridgehead atoms. The number of esters is 2. The van der Waals surface area contributed by atoms with Crippen LogP contribution in [0.4, 0.5) is 0 Å². The Kier molecular flexibility index (Phi) is 69.8. The van der Waals surface area contributed by atoms with Crippen molar-refractivity contribution in [1.29, 1.82) is 0 Å². The number of nitrogens with two attached hydrogens (primary N) is 1. The van der Waals surface area contributed by atoms with Gasteiger partial charge in [0.15, 0.2) is 6.10 Å². The van der Waals surface area contributed by atoms with Gasteiger partial charge < -0.3 is 20.1 Å². The van der Waals surface area contributed by atoms with Gasteiger partial charge >= 0.3 is 19.8 Å². The molecular weight excluding hydrogens is 1070 g/mol. The molecule has 2 unspecified atom stereocenters. The number of ether oxygens (including phenoxy) is 2. The highest BCUT2D eigenvalue weighted by molar-refractivity contribution is 7.47. The van der Waals surface area contributed by atoms with Crippen LogP contribution in [0, 0.1) is 0 Å². The Morgan fingerprint density at radius 1 is 0.353 bits per heavy atom. The standard InChI is InChI=1S/C75H144NO8P/c1-3-5-7-9-11-13-15-17-19-21-23-25-27-29-31-33-34-35-36-37-38-40-42-44-46-48-50-52-54-56-58-60-62-64-66-68-75(78)84-73(72-83-85(79,80)82-70-69-76)71-81-74(77)67-65-63-61-59-57-55-53-51-49-47-45-43-41-39-32-30-28-26-24-22-20-18-16-14-12-10-8-6-4-2/h15,17,21-24,73H,3-14,16,18-20,25-72,76H2,1-2H3,(H,79,80)/b17-15-,23-21-,24-22-. The van der Waals surface area contributed by atoms with Crippen molar-refractivity contribution in [3.8, 4) is 0 Å². The van der Waals surface area contributed by atoms with E-state index in [1.807, 2.05) is 0 Å². The lowest BCUT2D eigenvalue weighted by Crippen LogP contribution is -2.29. The second-order valence-electron chi connectivity index (χ2n) is 25.5. The van der Waals surface area contributed by atoms with Crippen LogP contribution in [0.25, 0.3) is 0 Å². The molecule has 0 rings (SSSR count). The summed E-state index contributed by atoms with van der Waals surface area (Å²) in [5.74, 6) is -0.803. The lowest BCUT2D eigenvalue weighted by Gasteiger charge is -2.19.